The second-order valence-electron chi connectivity index (χ2n) is 5.67. The Bertz CT molecular complexity index is 494. The largest absolute Gasteiger partial charge is 0.393 e. The number of carbonyl (C=O) groups excluding carboxylic acids is 1. The molecule has 1 aliphatic heterocycles. The first-order valence-corrected chi connectivity index (χ1v) is 7.73. The number of aromatic nitrogens is 1. The van der Waals surface area contributed by atoms with Crippen molar-refractivity contribution < 1.29 is 9.90 Å². The summed E-state index contributed by atoms with van der Waals surface area (Å²) < 4.78 is 0.886. The van der Waals surface area contributed by atoms with Gasteiger partial charge in [-0.15, -0.1) is 0 Å². The second-order valence-corrected chi connectivity index (χ2v) is 6.59. The lowest BCUT2D eigenvalue weighted by Crippen LogP contribution is -2.33. The van der Waals surface area contributed by atoms with Crippen LogP contribution in [-0.4, -0.2) is 46.6 Å². The van der Waals surface area contributed by atoms with Crippen LogP contribution < -0.4 is 5.32 Å². The van der Waals surface area contributed by atoms with E-state index in [-0.39, 0.29) is 12.0 Å². The maximum atomic E-state index is 12.0. The van der Waals surface area contributed by atoms with Crippen molar-refractivity contribution in [3.05, 3.63) is 22.8 Å². The fraction of sp³-hybridized carbons (Fsp3) is 0.571. The van der Waals surface area contributed by atoms with Gasteiger partial charge in [0.1, 0.15) is 5.82 Å². The number of hydrogen-bond donors (Lipinski definition) is 2. The molecule has 2 fully saturated rings. The van der Waals surface area contributed by atoms with Gasteiger partial charge in [0.05, 0.1) is 12.6 Å². The number of nitrogens with zero attached hydrogens (tertiary/aromatic N) is 2. The van der Waals surface area contributed by atoms with Crippen LogP contribution in [-0.2, 0) is 4.79 Å². The molecule has 2 heterocycles. The number of fused-ring (bicyclic) bond motifs is 1. The molecule has 20 heavy (non-hydrogen) atoms. The Labute approximate surface area is 126 Å². The molecule has 3 unspecified atom stereocenters. The molecule has 1 aliphatic carbocycles. The van der Waals surface area contributed by atoms with Gasteiger partial charge in [0.25, 0.3) is 0 Å². The van der Waals surface area contributed by atoms with Crippen LogP contribution in [0.4, 0.5) is 5.82 Å². The lowest BCUT2D eigenvalue weighted by atomic mass is 10.00. The number of aliphatic hydroxyl groups excluding tert-OH is 1. The van der Waals surface area contributed by atoms with E-state index >= 15 is 0 Å². The minimum Gasteiger partial charge on any atom is -0.393 e. The van der Waals surface area contributed by atoms with Gasteiger partial charge in [-0.1, -0.05) is 0 Å². The highest BCUT2D eigenvalue weighted by Gasteiger charge is 2.41. The first-order valence-electron chi connectivity index (χ1n) is 6.93. The van der Waals surface area contributed by atoms with Gasteiger partial charge in [-0.05, 0) is 46.8 Å². The molecule has 1 aromatic rings. The maximum absolute atomic E-state index is 12.0. The Morgan fingerprint density at radius 2 is 2.30 bits per heavy atom. The van der Waals surface area contributed by atoms with Crippen LogP contribution in [0.1, 0.15) is 12.8 Å². The molecule has 1 aromatic heterocycles. The molecule has 0 aromatic carbocycles. The summed E-state index contributed by atoms with van der Waals surface area (Å²) in [6.07, 6.45) is 3.48. The van der Waals surface area contributed by atoms with Gasteiger partial charge in [0.2, 0.25) is 5.91 Å². The third-order valence-electron chi connectivity index (χ3n) is 4.26. The molecule has 2 aliphatic rings. The summed E-state index contributed by atoms with van der Waals surface area (Å²) in [4.78, 5) is 18.2. The molecule has 6 heteroatoms. The van der Waals surface area contributed by atoms with E-state index in [1.165, 1.54) is 0 Å². The molecule has 2 N–H and O–H groups in total. The average Bonchev–Trinajstić information content (AvgIpc) is 2.95. The highest BCUT2D eigenvalue weighted by Crippen LogP contribution is 2.37. The number of halogens is 1. The molecule has 1 saturated heterocycles. The summed E-state index contributed by atoms with van der Waals surface area (Å²) in [5, 5.41) is 12.7. The smallest absolute Gasteiger partial charge is 0.239 e. The van der Waals surface area contributed by atoms with Gasteiger partial charge in [0, 0.05) is 29.7 Å². The molecule has 108 valence electrons. The zero-order chi connectivity index (χ0) is 14.1. The summed E-state index contributed by atoms with van der Waals surface area (Å²) in [6.45, 7) is 2.12. The molecule has 3 atom stereocenters. The summed E-state index contributed by atoms with van der Waals surface area (Å²) in [5.41, 5.74) is 0. The van der Waals surface area contributed by atoms with Crippen LogP contribution >= 0.6 is 15.9 Å². The first kappa shape index (κ1) is 14.0. The Morgan fingerprint density at radius 3 is 3.00 bits per heavy atom. The Kier molecular flexibility index (Phi) is 4.05. The highest BCUT2D eigenvalue weighted by atomic mass is 79.9. The van der Waals surface area contributed by atoms with Crippen molar-refractivity contribution in [3.63, 3.8) is 0 Å². The lowest BCUT2D eigenvalue weighted by molar-refractivity contribution is -0.117. The van der Waals surface area contributed by atoms with Gasteiger partial charge in [-0.3, -0.25) is 9.69 Å². The second kappa shape index (κ2) is 5.79. The molecule has 0 bridgehead atoms. The van der Waals surface area contributed by atoms with Gasteiger partial charge < -0.3 is 10.4 Å². The predicted molar refractivity (Wildman–Crippen MR) is 79.2 cm³/mol. The number of carbonyl (C=O) groups is 1. The van der Waals surface area contributed by atoms with E-state index in [2.05, 4.69) is 31.1 Å². The molecular formula is C14H18BrN3O2. The van der Waals surface area contributed by atoms with Crippen molar-refractivity contribution in [2.75, 3.05) is 25.0 Å². The third-order valence-corrected chi connectivity index (χ3v) is 4.73. The fourth-order valence-corrected chi connectivity index (χ4v) is 3.53. The van der Waals surface area contributed by atoms with Crippen molar-refractivity contribution in [2.24, 2.45) is 11.8 Å². The maximum Gasteiger partial charge on any atom is 0.239 e. The van der Waals surface area contributed by atoms with E-state index in [1.54, 1.807) is 12.3 Å². The summed E-state index contributed by atoms with van der Waals surface area (Å²) in [7, 11) is 0. The van der Waals surface area contributed by atoms with Crippen LogP contribution in [0, 0.1) is 11.8 Å². The zero-order valence-electron chi connectivity index (χ0n) is 11.1. The van der Waals surface area contributed by atoms with Gasteiger partial charge in [-0.2, -0.15) is 0 Å². The highest BCUT2D eigenvalue weighted by molar-refractivity contribution is 9.10. The van der Waals surface area contributed by atoms with E-state index in [1.807, 2.05) is 6.07 Å². The van der Waals surface area contributed by atoms with E-state index in [0.29, 0.717) is 24.2 Å². The lowest BCUT2D eigenvalue weighted by Gasteiger charge is -2.17. The number of pyridine rings is 1. The fourth-order valence-electron chi connectivity index (χ4n) is 3.29. The van der Waals surface area contributed by atoms with E-state index in [9.17, 15) is 9.90 Å². The van der Waals surface area contributed by atoms with Crippen molar-refractivity contribution >= 4 is 27.7 Å². The number of amides is 1. The molecule has 1 amide bonds. The molecular weight excluding hydrogens is 322 g/mol. The summed E-state index contributed by atoms with van der Waals surface area (Å²) >= 11 is 3.31. The molecule has 0 radical (unpaired) electrons. The average molecular weight is 340 g/mol. The predicted octanol–water partition coefficient (Wildman–Crippen LogP) is 1.49. The topological polar surface area (TPSA) is 65.5 Å². The number of anilines is 1. The third kappa shape index (κ3) is 3.02. The Morgan fingerprint density at radius 1 is 1.45 bits per heavy atom. The van der Waals surface area contributed by atoms with Crippen LogP contribution in [0.5, 0.6) is 0 Å². The molecule has 0 spiro atoms. The summed E-state index contributed by atoms with van der Waals surface area (Å²) in [5.74, 6) is 1.43. The Balaban J connectivity index is 1.51. The summed E-state index contributed by atoms with van der Waals surface area (Å²) in [6, 6.07) is 3.61. The minimum absolute atomic E-state index is 0.0470. The normalized spacial score (nSPS) is 29.4. The van der Waals surface area contributed by atoms with Gasteiger partial charge in [0.15, 0.2) is 0 Å². The number of aliphatic hydroxyl groups is 1. The number of nitrogens with one attached hydrogen (secondary N) is 1. The van der Waals surface area contributed by atoms with Crippen molar-refractivity contribution in [1.29, 1.82) is 0 Å². The number of rotatable bonds is 3. The molecule has 5 nitrogen and oxygen atoms in total. The SMILES string of the molecule is O=C(CN1CC2CCC(O)C2C1)Nc1ccc(Br)cn1. The van der Waals surface area contributed by atoms with Crippen molar-refractivity contribution in [2.45, 2.75) is 18.9 Å². The standard InChI is InChI=1S/C14H18BrN3O2/c15-10-2-4-13(16-5-10)17-14(20)8-18-6-9-1-3-12(19)11(9)7-18/h2,4-5,9,11-12,19H,1,3,6-8H2,(H,16,17,20). The number of likely N-dealkylation sites (tertiary alicyclic amines) is 1. The quantitative estimate of drug-likeness (QED) is 0.875. The van der Waals surface area contributed by atoms with Crippen LogP contribution in [0.25, 0.3) is 0 Å². The van der Waals surface area contributed by atoms with Crippen LogP contribution in [0.15, 0.2) is 22.8 Å². The van der Waals surface area contributed by atoms with Crippen LogP contribution in [0.2, 0.25) is 0 Å². The monoisotopic (exact) mass is 339 g/mol. The van der Waals surface area contributed by atoms with E-state index in [0.717, 1.165) is 30.4 Å². The molecule has 3 rings (SSSR count). The van der Waals surface area contributed by atoms with E-state index < -0.39 is 0 Å². The van der Waals surface area contributed by atoms with E-state index in [4.69, 9.17) is 0 Å². The molecule has 1 saturated carbocycles. The zero-order valence-corrected chi connectivity index (χ0v) is 12.7. The minimum atomic E-state index is -0.179. The first-order chi connectivity index (χ1) is 9.61. The van der Waals surface area contributed by atoms with Gasteiger partial charge in [-0.25, -0.2) is 4.98 Å². The van der Waals surface area contributed by atoms with Crippen molar-refractivity contribution in [3.8, 4) is 0 Å². The Hall–Kier alpha value is -0.980. The van der Waals surface area contributed by atoms with Crippen molar-refractivity contribution in [1.82, 2.24) is 9.88 Å². The van der Waals surface area contributed by atoms with Crippen LogP contribution in [0.3, 0.4) is 0 Å². The number of hydrogen-bond acceptors (Lipinski definition) is 4. The van der Waals surface area contributed by atoms with Gasteiger partial charge >= 0.3 is 0 Å².